The molecule has 2 heterocycles. The van der Waals surface area contributed by atoms with Gasteiger partial charge in [0, 0.05) is 6.54 Å². The van der Waals surface area contributed by atoms with Gasteiger partial charge in [0.2, 0.25) is 21.1 Å². The first-order chi connectivity index (χ1) is 11.4. The topological polar surface area (TPSA) is 92.3 Å². The fourth-order valence-electron chi connectivity index (χ4n) is 2.67. The number of anilines is 1. The molecule has 0 radical (unpaired) electrons. The molecule has 1 amide bonds. The molecule has 0 spiro atoms. The van der Waals surface area contributed by atoms with Crippen molar-refractivity contribution in [3.63, 3.8) is 0 Å². The monoisotopic (exact) mass is 366 g/mol. The molecule has 0 bridgehead atoms. The van der Waals surface area contributed by atoms with E-state index in [9.17, 15) is 13.2 Å². The minimum absolute atomic E-state index is 0.208. The van der Waals surface area contributed by atoms with E-state index < -0.39 is 16.1 Å². The van der Waals surface area contributed by atoms with Crippen LogP contribution < -0.4 is 5.32 Å². The van der Waals surface area contributed by atoms with Crippen LogP contribution in [0.2, 0.25) is 0 Å². The van der Waals surface area contributed by atoms with Crippen molar-refractivity contribution in [2.75, 3.05) is 11.9 Å². The highest BCUT2D eigenvalue weighted by molar-refractivity contribution is 7.89. The van der Waals surface area contributed by atoms with E-state index in [1.165, 1.54) is 15.6 Å². The number of aryl methyl sites for hydroxylation is 2. The first-order valence-electron chi connectivity index (χ1n) is 7.57. The van der Waals surface area contributed by atoms with Crippen molar-refractivity contribution >= 4 is 32.4 Å². The van der Waals surface area contributed by atoms with Gasteiger partial charge in [0.05, 0.1) is 4.90 Å². The van der Waals surface area contributed by atoms with E-state index in [-0.39, 0.29) is 10.8 Å². The van der Waals surface area contributed by atoms with E-state index in [1.54, 1.807) is 31.2 Å². The van der Waals surface area contributed by atoms with Crippen LogP contribution in [0, 0.1) is 13.8 Å². The van der Waals surface area contributed by atoms with Crippen LogP contribution in [0.25, 0.3) is 0 Å². The molecular weight excluding hydrogens is 348 g/mol. The summed E-state index contributed by atoms with van der Waals surface area (Å²) < 4.78 is 27.0. The lowest BCUT2D eigenvalue weighted by Gasteiger charge is -2.23. The second-order valence-electron chi connectivity index (χ2n) is 5.70. The molecule has 1 saturated heterocycles. The Morgan fingerprint density at radius 3 is 2.58 bits per heavy atom. The molecule has 9 heteroatoms. The maximum atomic E-state index is 12.8. The van der Waals surface area contributed by atoms with E-state index >= 15 is 0 Å². The SMILES string of the molecule is Cc1ccc(S(=O)(=O)N2CCC[C@@H]2C(=O)Nc2nnc(C)s2)cc1. The Kier molecular flexibility index (Phi) is 4.66. The molecule has 128 valence electrons. The van der Waals surface area contributed by atoms with Crippen LogP contribution >= 0.6 is 11.3 Å². The highest BCUT2D eigenvalue weighted by atomic mass is 32.2. The number of rotatable bonds is 4. The Hall–Kier alpha value is -1.84. The summed E-state index contributed by atoms with van der Waals surface area (Å²) in [5.74, 6) is -0.362. The number of nitrogens with one attached hydrogen (secondary N) is 1. The van der Waals surface area contributed by atoms with E-state index in [0.717, 1.165) is 10.6 Å². The Labute approximate surface area is 144 Å². The van der Waals surface area contributed by atoms with Gasteiger partial charge in [0.25, 0.3) is 0 Å². The zero-order chi connectivity index (χ0) is 17.3. The van der Waals surface area contributed by atoms with Gasteiger partial charge < -0.3 is 0 Å². The molecule has 1 aromatic carbocycles. The lowest BCUT2D eigenvalue weighted by Crippen LogP contribution is -2.43. The second-order valence-corrected chi connectivity index (χ2v) is 8.77. The third-order valence-electron chi connectivity index (χ3n) is 3.89. The van der Waals surface area contributed by atoms with Crippen molar-refractivity contribution in [3.05, 3.63) is 34.8 Å². The molecule has 1 aliphatic heterocycles. The molecule has 1 aliphatic rings. The van der Waals surface area contributed by atoms with Gasteiger partial charge >= 0.3 is 0 Å². The maximum Gasteiger partial charge on any atom is 0.244 e. The Balaban J connectivity index is 1.81. The lowest BCUT2D eigenvalue weighted by molar-refractivity contribution is -0.119. The molecule has 7 nitrogen and oxygen atoms in total. The molecule has 1 fully saturated rings. The van der Waals surface area contributed by atoms with Gasteiger partial charge in [-0.25, -0.2) is 8.42 Å². The summed E-state index contributed by atoms with van der Waals surface area (Å²) in [4.78, 5) is 12.7. The molecule has 0 saturated carbocycles. The predicted octanol–water partition coefficient (Wildman–Crippen LogP) is 1.95. The molecule has 1 N–H and O–H groups in total. The number of hydrogen-bond donors (Lipinski definition) is 1. The molecule has 3 rings (SSSR count). The Bertz CT molecular complexity index is 846. The van der Waals surface area contributed by atoms with Gasteiger partial charge in [-0.2, -0.15) is 4.31 Å². The Morgan fingerprint density at radius 2 is 1.96 bits per heavy atom. The summed E-state index contributed by atoms with van der Waals surface area (Å²) in [5.41, 5.74) is 0.983. The average Bonchev–Trinajstić information content (AvgIpc) is 3.17. The number of sulfonamides is 1. The fraction of sp³-hybridized carbons (Fsp3) is 0.400. The maximum absolute atomic E-state index is 12.8. The molecule has 2 aromatic rings. The first kappa shape index (κ1) is 17.0. The molecule has 0 aliphatic carbocycles. The fourth-order valence-corrected chi connectivity index (χ4v) is 4.92. The van der Waals surface area contributed by atoms with E-state index in [4.69, 9.17) is 0 Å². The molecule has 0 unspecified atom stereocenters. The third-order valence-corrected chi connectivity index (χ3v) is 6.57. The molecule has 1 atom stereocenters. The minimum atomic E-state index is -3.70. The van der Waals surface area contributed by atoms with Gasteiger partial charge in [0.15, 0.2) is 0 Å². The van der Waals surface area contributed by atoms with E-state index in [1.807, 2.05) is 6.92 Å². The number of benzene rings is 1. The quantitative estimate of drug-likeness (QED) is 0.893. The van der Waals surface area contributed by atoms with Crippen LogP contribution in [0.15, 0.2) is 29.2 Å². The third kappa shape index (κ3) is 3.33. The van der Waals surface area contributed by atoms with Gasteiger partial charge in [-0.1, -0.05) is 29.0 Å². The number of aromatic nitrogens is 2. The van der Waals surface area contributed by atoms with Crippen LogP contribution in [-0.2, 0) is 14.8 Å². The molecular formula is C15H18N4O3S2. The summed E-state index contributed by atoms with van der Waals surface area (Å²) in [7, 11) is -3.70. The summed E-state index contributed by atoms with van der Waals surface area (Å²) in [6.45, 7) is 4.02. The van der Waals surface area contributed by atoms with Crippen LogP contribution in [0.4, 0.5) is 5.13 Å². The highest BCUT2D eigenvalue weighted by Crippen LogP contribution is 2.27. The summed E-state index contributed by atoms with van der Waals surface area (Å²) in [5, 5.41) is 11.5. The normalized spacial score (nSPS) is 18.7. The van der Waals surface area contributed by atoms with Crippen molar-refractivity contribution in [1.82, 2.24) is 14.5 Å². The summed E-state index contributed by atoms with van der Waals surface area (Å²) >= 11 is 1.26. The van der Waals surface area contributed by atoms with Gasteiger partial charge in [0.1, 0.15) is 11.0 Å². The van der Waals surface area contributed by atoms with E-state index in [2.05, 4.69) is 15.5 Å². The standard InChI is InChI=1S/C15H18N4O3S2/c1-10-5-7-12(8-6-10)24(21,22)19-9-3-4-13(19)14(20)16-15-18-17-11(2)23-15/h5-8,13H,3-4,9H2,1-2H3,(H,16,18,20)/t13-/m1/s1. The van der Waals surface area contributed by atoms with Crippen molar-refractivity contribution < 1.29 is 13.2 Å². The number of hydrogen-bond acceptors (Lipinski definition) is 6. The van der Waals surface area contributed by atoms with E-state index in [0.29, 0.717) is 24.5 Å². The molecule has 1 aromatic heterocycles. The smallest absolute Gasteiger partial charge is 0.244 e. The van der Waals surface area contributed by atoms with Gasteiger partial charge in [-0.3, -0.25) is 10.1 Å². The van der Waals surface area contributed by atoms with Crippen LogP contribution in [0.5, 0.6) is 0 Å². The number of nitrogens with zero attached hydrogens (tertiary/aromatic N) is 3. The first-order valence-corrected chi connectivity index (χ1v) is 9.83. The summed E-state index contributed by atoms with van der Waals surface area (Å²) in [6, 6.07) is 5.93. The zero-order valence-corrected chi connectivity index (χ0v) is 15.0. The number of carbonyl (C=O) groups is 1. The van der Waals surface area contributed by atoms with Crippen molar-refractivity contribution in [3.8, 4) is 0 Å². The summed E-state index contributed by atoms with van der Waals surface area (Å²) in [6.07, 6.45) is 1.15. The lowest BCUT2D eigenvalue weighted by atomic mass is 10.2. The van der Waals surface area contributed by atoms with Crippen LogP contribution in [0.3, 0.4) is 0 Å². The minimum Gasteiger partial charge on any atom is -0.299 e. The van der Waals surface area contributed by atoms with Crippen LogP contribution in [0.1, 0.15) is 23.4 Å². The van der Waals surface area contributed by atoms with Crippen molar-refractivity contribution in [1.29, 1.82) is 0 Å². The highest BCUT2D eigenvalue weighted by Gasteiger charge is 2.39. The zero-order valence-electron chi connectivity index (χ0n) is 13.4. The predicted molar refractivity (Wildman–Crippen MR) is 91.4 cm³/mol. The van der Waals surface area contributed by atoms with Gasteiger partial charge in [-0.05, 0) is 38.8 Å². The van der Waals surface area contributed by atoms with Crippen molar-refractivity contribution in [2.45, 2.75) is 37.6 Å². The number of carbonyl (C=O) groups excluding carboxylic acids is 1. The average molecular weight is 366 g/mol. The number of amides is 1. The molecule has 24 heavy (non-hydrogen) atoms. The largest absolute Gasteiger partial charge is 0.299 e. The Morgan fingerprint density at radius 1 is 1.25 bits per heavy atom. The van der Waals surface area contributed by atoms with Crippen molar-refractivity contribution in [2.24, 2.45) is 0 Å². The van der Waals surface area contributed by atoms with Gasteiger partial charge in [-0.15, -0.1) is 10.2 Å². The van der Waals surface area contributed by atoms with Crippen LogP contribution in [-0.4, -0.2) is 41.4 Å². The second kappa shape index (κ2) is 6.58.